The molecule has 2 rings (SSSR count). The second-order valence-corrected chi connectivity index (χ2v) is 5.93. The first-order valence-corrected chi connectivity index (χ1v) is 7.44. The summed E-state index contributed by atoms with van der Waals surface area (Å²) in [6.45, 7) is 4.09. The van der Waals surface area contributed by atoms with Crippen molar-refractivity contribution in [1.29, 1.82) is 5.26 Å². The minimum atomic E-state index is -0.0868. The molecule has 0 N–H and O–H groups in total. The average molecular weight is 321 g/mol. The number of nitrogens with zero attached hydrogens (tertiary/aromatic N) is 2. The molecule has 2 aromatic rings. The highest BCUT2D eigenvalue weighted by atomic mass is 79.9. The summed E-state index contributed by atoms with van der Waals surface area (Å²) in [4.78, 5) is 4.60. The molecule has 1 aromatic carbocycles. The Balaban J connectivity index is 2.41. The Bertz CT molecular complexity index is 598. The lowest BCUT2D eigenvalue weighted by molar-refractivity contribution is 0.810. The van der Waals surface area contributed by atoms with Crippen LogP contribution in [-0.2, 0) is 0 Å². The van der Waals surface area contributed by atoms with Crippen molar-refractivity contribution in [2.45, 2.75) is 26.2 Å². The van der Waals surface area contributed by atoms with Crippen molar-refractivity contribution in [3.05, 3.63) is 38.6 Å². The smallest absolute Gasteiger partial charge is 0.110 e. The molecule has 1 aromatic heterocycles. The number of nitriles is 1. The molecule has 0 aliphatic carbocycles. The van der Waals surface area contributed by atoms with E-state index < -0.39 is 0 Å². The maximum absolute atomic E-state index is 9.07. The standard InChI is InChI=1S/C14H13BrN2S/c1-3-10(7-16)14-17-13(8-18-14)12-6-11(15)5-4-9(12)2/h4-6,8,10H,3H2,1-2H3. The zero-order valence-electron chi connectivity index (χ0n) is 10.3. The molecule has 0 amide bonds. The Morgan fingerprint density at radius 1 is 1.50 bits per heavy atom. The predicted molar refractivity (Wildman–Crippen MR) is 78.6 cm³/mol. The molecule has 92 valence electrons. The fraction of sp³-hybridized carbons (Fsp3) is 0.286. The first-order chi connectivity index (χ1) is 8.65. The molecule has 0 saturated heterocycles. The number of rotatable bonds is 3. The highest BCUT2D eigenvalue weighted by Gasteiger charge is 2.14. The van der Waals surface area contributed by atoms with Gasteiger partial charge in [-0.05, 0) is 31.0 Å². The molecule has 0 fully saturated rings. The van der Waals surface area contributed by atoms with Gasteiger partial charge >= 0.3 is 0 Å². The highest BCUT2D eigenvalue weighted by Crippen LogP contribution is 2.31. The van der Waals surface area contributed by atoms with Crippen LogP contribution in [0, 0.1) is 18.3 Å². The van der Waals surface area contributed by atoms with E-state index >= 15 is 0 Å². The molecule has 0 aliphatic heterocycles. The van der Waals surface area contributed by atoms with Crippen molar-refractivity contribution in [2.75, 3.05) is 0 Å². The Kier molecular flexibility index (Phi) is 4.15. The molecule has 0 bridgehead atoms. The first kappa shape index (κ1) is 13.3. The molecule has 1 unspecified atom stereocenters. The Hall–Kier alpha value is -1.18. The van der Waals surface area contributed by atoms with Gasteiger partial charge in [-0.15, -0.1) is 11.3 Å². The van der Waals surface area contributed by atoms with E-state index in [2.05, 4.69) is 46.0 Å². The van der Waals surface area contributed by atoms with Crippen LogP contribution in [0.2, 0.25) is 0 Å². The molecule has 0 spiro atoms. The molecule has 0 aliphatic rings. The fourth-order valence-electron chi connectivity index (χ4n) is 1.76. The molecule has 0 radical (unpaired) electrons. The Morgan fingerprint density at radius 2 is 2.28 bits per heavy atom. The summed E-state index contributed by atoms with van der Waals surface area (Å²) in [6, 6.07) is 8.46. The third kappa shape index (κ3) is 2.63. The van der Waals surface area contributed by atoms with Crippen molar-refractivity contribution < 1.29 is 0 Å². The van der Waals surface area contributed by atoms with Crippen LogP contribution in [0.3, 0.4) is 0 Å². The van der Waals surface area contributed by atoms with Gasteiger partial charge in [0.2, 0.25) is 0 Å². The van der Waals surface area contributed by atoms with Crippen molar-refractivity contribution in [3.63, 3.8) is 0 Å². The van der Waals surface area contributed by atoms with Gasteiger partial charge in [0.05, 0.1) is 17.7 Å². The topological polar surface area (TPSA) is 36.7 Å². The number of benzene rings is 1. The fourth-order valence-corrected chi connectivity index (χ4v) is 3.07. The van der Waals surface area contributed by atoms with Crippen molar-refractivity contribution in [2.24, 2.45) is 0 Å². The second-order valence-electron chi connectivity index (χ2n) is 4.12. The highest BCUT2D eigenvalue weighted by molar-refractivity contribution is 9.10. The molecule has 1 atom stereocenters. The number of hydrogen-bond donors (Lipinski definition) is 0. The van der Waals surface area contributed by atoms with Gasteiger partial charge < -0.3 is 0 Å². The molecular weight excluding hydrogens is 308 g/mol. The van der Waals surface area contributed by atoms with Crippen LogP contribution in [0.4, 0.5) is 0 Å². The first-order valence-electron chi connectivity index (χ1n) is 5.77. The van der Waals surface area contributed by atoms with Crippen LogP contribution in [0.25, 0.3) is 11.3 Å². The van der Waals surface area contributed by atoms with Gasteiger partial charge in [-0.2, -0.15) is 5.26 Å². The van der Waals surface area contributed by atoms with E-state index in [9.17, 15) is 0 Å². The van der Waals surface area contributed by atoms with E-state index in [1.807, 2.05) is 18.4 Å². The third-order valence-electron chi connectivity index (χ3n) is 2.86. The summed E-state index contributed by atoms with van der Waals surface area (Å²) in [5, 5.41) is 12.0. The number of thiazole rings is 1. The maximum atomic E-state index is 9.07. The minimum Gasteiger partial charge on any atom is -0.240 e. The molecule has 0 saturated carbocycles. The van der Waals surface area contributed by atoms with Crippen molar-refractivity contribution in [1.82, 2.24) is 4.98 Å². The van der Waals surface area contributed by atoms with Crippen LogP contribution in [0.5, 0.6) is 0 Å². The summed E-state index contributed by atoms with van der Waals surface area (Å²) >= 11 is 5.05. The van der Waals surface area contributed by atoms with Gasteiger partial charge in [0, 0.05) is 15.4 Å². The summed E-state index contributed by atoms with van der Waals surface area (Å²) in [5.74, 6) is -0.0868. The SMILES string of the molecule is CCC(C#N)c1nc(-c2cc(Br)ccc2C)cs1. The lowest BCUT2D eigenvalue weighted by atomic mass is 10.1. The molecule has 18 heavy (non-hydrogen) atoms. The lowest BCUT2D eigenvalue weighted by Crippen LogP contribution is -1.92. The number of hydrogen-bond acceptors (Lipinski definition) is 3. The average Bonchev–Trinajstić information content (AvgIpc) is 2.83. The van der Waals surface area contributed by atoms with Crippen LogP contribution in [-0.4, -0.2) is 4.98 Å². The minimum absolute atomic E-state index is 0.0868. The van der Waals surface area contributed by atoms with Crippen LogP contribution in [0.1, 0.15) is 29.8 Å². The van der Waals surface area contributed by atoms with Gasteiger partial charge in [-0.25, -0.2) is 4.98 Å². The summed E-state index contributed by atoms with van der Waals surface area (Å²) in [5.41, 5.74) is 3.28. The largest absolute Gasteiger partial charge is 0.240 e. The number of aryl methyl sites for hydroxylation is 1. The lowest BCUT2D eigenvalue weighted by Gasteiger charge is -2.03. The Labute approximate surface area is 119 Å². The van der Waals surface area contributed by atoms with Crippen molar-refractivity contribution in [3.8, 4) is 17.3 Å². The van der Waals surface area contributed by atoms with E-state index in [1.54, 1.807) is 11.3 Å². The van der Waals surface area contributed by atoms with E-state index in [0.717, 1.165) is 27.2 Å². The molecule has 1 heterocycles. The quantitative estimate of drug-likeness (QED) is 0.806. The Morgan fingerprint density at radius 3 is 2.94 bits per heavy atom. The monoisotopic (exact) mass is 320 g/mol. The predicted octanol–water partition coefficient (Wildman–Crippen LogP) is 4.90. The molecule has 2 nitrogen and oxygen atoms in total. The second kappa shape index (κ2) is 5.64. The van der Waals surface area contributed by atoms with Gasteiger partial charge in [-0.3, -0.25) is 0 Å². The summed E-state index contributed by atoms with van der Waals surface area (Å²) in [7, 11) is 0. The molecule has 4 heteroatoms. The van der Waals surface area contributed by atoms with Crippen LogP contribution >= 0.6 is 27.3 Å². The summed E-state index contributed by atoms with van der Waals surface area (Å²) in [6.07, 6.45) is 0.806. The van der Waals surface area contributed by atoms with Crippen LogP contribution < -0.4 is 0 Å². The molecular formula is C14H13BrN2S. The van der Waals surface area contributed by atoms with Gasteiger partial charge in [0.15, 0.2) is 0 Å². The maximum Gasteiger partial charge on any atom is 0.110 e. The normalized spacial score (nSPS) is 12.1. The van der Waals surface area contributed by atoms with E-state index in [0.29, 0.717) is 0 Å². The van der Waals surface area contributed by atoms with Gasteiger partial charge in [-0.1, -0.05) is 28.9 Å². The van der Waals surface area contributed by atoms with E-state index in [4.69, 9.17) is 5.26 Å². The zero-order valence-corrected chi connectivity index (χ0v) is 12.7. The zero-order chi connectivity index (χ0) is 13.1. The number of aromatic nitrogens is 1. The van der Waals surface area contributed by atoms with Crippen LogP contribution in [0.15, 0.2) is 28.1 Å². The van der Waals surface area contributed by atoms with Gasteiger partial charge in [0.1, 0.15) is 5.01 Å². The van der Waals surface area contributed by atoms with E-state index in [-0.39, 0.29) is 5.92 Å². The summed E-state index contributed by atoms with van der Waals surface area (Å²) < 4.78 is 1.05. The third-order valence-corrected chi connectivity index (χ3v) is 4.31. The van der Waals surface area contributed by atoms with Crippen molar-refractivity contribution >= 4 is 27.3 Å². The van der Waals surface area contributed by atoms with E-state index in [1.165, 1.54) is 5.56 Å². The number of halogens is 1. The van der Waals surface area contributed by atoms with Gasteiger partial charge in [0.25, 0.3) is 0 Å².